The summed E-state index contributed by atoms with van der Waals surface area (Å²) in [5, 5.41) is 0. The Balaban J connectivity index is 1.49. The van der Waals surface area contributed by atoms with Crippen molar-refractivity contribution in [3.05, 3.63) is 71.8 Å². The van der Waals surface area contributed by atoms with Crippen LogP contribution in [0.3, 0.4) is 0 Å². The zero-order valence-electron chi connectivity index (χ0n) is 17.9. The monoisotopic (exact) mass is 420 g/mol. The van der Waals surface area contributed by atoms with Crippen LogP contribution in [0.5, 0.6) is 0 Å². The van der Waals surface area contributed by atoms with Crippen LogP contribution in [0, 0.1) is 5.92 Å². The van der Waals surface area contributed by atoms with Crippen molar-refractivity contribution >= 4 is 17.8 Å². The number of carbonyl (C=O) groups is 3. The largest absolute Gasteiger partial charge is 0.441 e. The van der Waals surface area contributed by atoms with Crippen LogP contribution < -0.4 is 0 Å². The fraction of sp³-hybridized carbons (Fsp3) is 0.400. The molecule has 0 N–H and O–H groups in total. The van der Waals surface area contributed by atoms with Crippen molar-refractivity contribution in [2.75, 3.05) is 13.1 Å². The van der Waals surface area contributed by atoms with Gasteiger partial charge in [-0.2, -0.15) is 0 Å². The van der Waals surface area contributed by atoms with E-state index in [0.717, 1.165) is 5.56 Å². The summed E-state index contributed by atoms with van der Waals surface area (Å²) in [5.74, 6) is 0.0684. The van der Waals surface area contributed by atoms with Crippen LogP contribution in [-0.2, 0) is 9.53 Å². The number of likely N-dealkylation sites (tertiary alicyclic amines) is 2. The van der Waals surface area contributed by atoms with Gasteiger partial charge in [0.2, 0.25) is 0 Å². The molecule has 2 heterocycles. The van der Waals surface area contributed by atoms with Crippen LogP contribution in [0.15, 0.2) is 60.7 Å². The maximum atomic E-state index is 13.1. The molecule has 2 aromatic carbocycles. The van der Waals surface area contributed by atoms with E-state index in [2.05, 4.69) is 13.8 Å². The molecule has 0 aliphatic carbocycles. The summed E-state index contributed by atoms with van der Waals surface area (Å²) in [7, 11) is 0. The SMILES string of the molecule is CC(C)CC(OC(=O)N1CC[C@@H]2C1C(=O)CN2C(=O)c1ccccc1)c1ccccc1. The van der Waals surface area contributed by atoms with Crippen LogP contribution in [0.2, 0.25) is 0 Å². The van der Waals surface area contributed by atoms with Crippen molar-refractivity contribution in [1.29, 1.82) is 0 Å². The van der Waals surface area contributed by atoms with Gasteiger partial charge in [-0.3, -0.25) is 14.5 Å². The van der Waals surface area contributed by atoms with E-state index in [9.17, 15) is 14.4 Å². The van der Waals surface area contributed by atoms with Gasteiger partial charge in [0, 0.05) is 12.1 Å². The van der Waals surface area contributed by atoms with Crippen molar-refractivity contribution in [3.8, 4) is 0 Å². The number of nitrogens with zero attached hydrogens (tertiary/aromatic N) is 2. The molecule has 2 saturated heterocycles. The summed E-state index contributed by atoms with van der Waals surface area (Å²) in [6, 6.07) is 17.7. The van der Waals surface area contributed by atoms with Gasteiger partial charge < -0.3 is 9.64 Å². The first-order valence-electron chi connectivity index (χ1n) is 10.9. The Morgan fingerprint density at radius 2 is 1.65 bits per heavy atom. The first kappa shape index (κ1) is 21.1. The predicted molar refractivity (Wildman–Crippen MR) is 117 cm³/mol. The van der Waals surface area contributed by atoms with Crippen LogP contribution in [0.4, 0.5) is 4.79 Å². The van der Waals surface area contributed by atoms with Gasteiger partial charge in [-0.25, -0.2) is 4.79 Å². The molecule has 0 saturated carbocycles. The lowest BCUT2D eigenvalue weighted by Crippen LogP contribution is -2.44. The molecule has 0 radical (unpaired) electrons. The molecule has 4 rings (SSSR count). The first-order valence-corrected chi connectivity index (χ1v) is 10.9. The summed E-state index contributed by atoms with van der Waals surface area (Å²) < 4.78 is 5.90. The Morgan fingerprint density at radius 3 is 2.29 bits per heavy atom. The highest BCUT2D eigenvalue weighted by Gasteiger charge is 2.52. The van der Waals surface area contributed by atoms with E-state index >= 15 is 0 Å². The van der Waals surface area contributed by atoms with Crippen LogP contribution in [0.25, 0.3) is 0 Å². The highest BCUT2D eigenvalue weighted by Crippen LogP contribution is 2.33. The Kier molecular flexibility index (Phi) is 6.07. The molecule has 31 heavy (non-hydrogen) atoms. The zero-order chi connectivity index (χ0) is 22.0. The zero-order valence-corrected chi connectivity index (χ0v) is 17.9. The third kappa shape index (κ3) is 4.33. The third-order valence-electron chi connectivity index (χ3n) is 6.04. The topological polar surface area (TPSA) is 66.9 Å². The summed E-state index contributed by atoms with van der Waals surface area (Å²) in [6.45, 7) is 4.61. The average Bonchev–Trinajstić information content (AvgIpc) is 3.35. The number of fused-ring (bicyclic) bond motifs is 1. The molecule has 162 valence electrons. The predicted octanol–water partition coefficient (Wildman–Crippen LogP) is 4.08. The summed E-state index contributed by atoms with van der Waals surface area (Å²) in [4.78, 5) is 42.0. The maximum absolute atomic E-state index is 13.1. The maximum Gasteiger partial charge on any atom is 0.411 e. The number of ether oxygens (including phenoxy) is 1. The van der Waals surface area contributed by atoms with Gasteiger partial charge in [-0.1, -0.05) is 62.4 Å². The van der Waals surface area contributed by atoms with Crippen molar-refractivity contribution in [2.45, 2.75) is 44.9 Å². The van der Waals surface area contributed by atoms with Crippen molar-refractivity contribution in [2.24, 2.45) is 5.92 Å². The smallest absolute Gasteiger partial charge is 0.411 e. The van der Waals surface area contributed by atoms with Crippen molar-refractivity contribution in [1.82, 2.24) is 9.80 Å². The first-order chi connectivity index (χ1) is 15.0. The number of ketones is 1. The lowest BCUT2D eigenvalue weighted by Gasteiger charge is -2.27. The molecule has 0 aromatic heterocycles. The fourth-order valence-corrected chi connectivity index (χ4v) is 4.58. The van der Waals surface area contributed by atoms with E-state index in [0.29, 0.717) is 30.9 Å². The summed E-state index contributed by atoms with van der Waals surface area (Å²) in [5.41, 5.74) is 1.50. The van der Waals surface area contributed by atoms with Gasteiger partial charge in [0.1, 0.15) is 12.1 Å². The molecule has 2 aliphatic heterocycles. The highest BCUT2D eigenvalue weighted by atomic mass is 16.6. The van der Waals surface area contributed by atoms with Gasteiger partial charge >= 0.3 is 6.09 Å². The number of Topliss-reactive ketones (excluding diaryl/α,β-unsaturated/α-hetero) is 1. The second kappa shape index (κ2) is 8.92. The van der Waals surface area contributed by atoms with Gasteiger partial charge in [0.15, 0.2) is 5.78 Å². The van der Waals surface area contributed by atoms with Crippen molar-refractivity contribution < 1.29 is 19.1 Å². The van der Waals surface area contributed by atoms with E-state index in [1.54, 1.807) is 29.2 Å². The molecule has 2 fully saturated rings. The summed E-state index contributed by atoms with van der Waals surface area (Å²) in [6.07, 6.45) is 0.421. The highest BCUT2D eigenvalue weighted by molar-refractivity contribution is 6.02. The number of carbonyl (C=O) groups excluding carboxylic acids is 3. The van der Waals surface area contributed by atoms with Gasteiger partial charge in [-0.05, 0) is 36.5 Å². The molecule has 0 bridgehead atoms. The third-order valence-corrected chi connectivity index (χ3v) is 6.04. The number of benzene rings is 2. The van der Waals surface area contributed by atoms with Gasteiger partial charge in [0.05, 0.1) is 12.6 Å². The van der Waals surface area contributed by atoms with Crippen LogP contribution >= 0.6 is 0 Å². The van der Waals surface area contributed by atoms with E-state index in [-0.39, 0.29) is 30.4 Å². The normalized spacial score (nSPS) is 21.3. The number of hydrogen-bond donors (Lipinski definition) is 0. The second-order valence-corrected chi connectivity index (χ2v) is 8.67. The minimum Gasteiger partial charge on any atom is -0.441 e. The Labute approximate surface area is 182 Å². The van der Waals surface area contributed by atoms with Gasteiger partial charge in [-0.15, -0.1) is 0 Å². The minimum absolute atomic E-state index is 0.0287. The Bertz CT molecular complexity index is 945. The number of rotatable bonds is 5. The summed E-state index contributed by atoms with van der Waals surface area (Å²) >= 11 is 0. The molecule has 6 nitrogen and oxygen atoms in total. The van der Waals surface area contributed by atoms with E-state index < -0.39 is 12.1 Å². The minimum atomic E-state index is -0.629. The molecule has 3 atom stereocenters. The fourth-order valence-electron chi connectivity index (χ4n) is 4.58. The van der Waals surface area contributed by atoms with Gasteiger partial charge in [0.25, 0.3) is 5.91 Å². The van der Waals surface area contributed by atoms with Crippen molar-refractivity contribution in [3.63, 3.8) is 0 Å². The quantitative estimate of drug-likeness (QED) is 0.731. The van der Waals surface area contributed by atoms with E-state index in [4.69, 9.17) is 4.74 Å². The lowest BCUT2D eigenvalue weighted by atomic mass is 9.99. The lowest BCUT2D eigenvalue weighted by molar-refractivity contribution is -0.120. The standard InChI is InChI=1S/C25H28N2O4/c1-17(2)15-22(18-9-5-3-6-10-18)31-25(30)26-14-13-20-23(26)21(28)16-27(20)24(29)19-11-7-4-8-12-19/h3-12,17,20,22-23H,13-16H2,1-2H3/t20-,22?,23?/m1/s1. The Hall–Kier alpha value is -3.15. The molecular formula is C25H28N2O4. The molecular weight excluding hydrogens is 392 g/mol. The van der Waals surface area contributed by atoms with Crippen LogP contribution in [0.1, 0.15) is 48.7 Å². The van der Waals surface area contributed by atoms with E-state index in [1.165, 1.54) is 4.90 Å². The molecule has 2 amide bonds. The van der Waals surface area contributed by atoms with E-state index in [1.807, 2.05) is 36.4 Å². The molecule has 0 spiro atoms. The average molecular weight is 421 g/mol. The Morgan fingerprint density at radius 1 is 1.00 bits per heavy atom. The number of hydrogen-bond acceptors (Lipinski definition) is 4. The molecule has 2 aromatic rings. The second-order valence-electron chi connectivity index (χ2n) is 8.67. The molecule has 2 unspecified atom stereocenters. The number of amides is 2. The molecule has 2 aliphatic rings. The van der Waals surface area contributed by atoms with Crippen LogP contribution in [-0.4, -0.2) is 52.8 Å². The molecule has 6 heteroatoms.